The SMILES string of the molecule is COC1[C@H](C)[C@@H]2O[C@@H](C[C@H]2C)[C@H]1OC(=O)c1ccccc1C(=O)O. The number of aromatic carboxylic acids is 1. The second kappa shape index (κ2) is 6.53. The number of fused-ring (bicyclic) bond motifs is 2. The van der Waals surface area contributed by atoms with Crippen LogP contribution >= 0.6 is 0 Å². The molecule has 130 valence electrons. The van der Waals surface area contributed by atoms with Crippen LogP contribution in [0.15, 0.2) is 24.3 Å². The van der Waals surface area contributed by atoms with Gasteiger partial charge in [-0.25, -0.2) is 9.59 Å². The van der Waals surface area contributed by atoms with E-state index in [9.17, 15) is 14.7 Å². The lowest BCUT2D eigenvalue weighted by atomic mass is 9.89. The molecule has 2 saturated heterocycles. The first-order valence-electron chi connectivity index (χ1n) is 8.15. The molecule has 0 radical (unpaired) electrons. The summed E-state index contributed by atoms with van der Waals surface area (Å²) < 4.78 is 17.3. The van der Waals surface area contributed by atoms with E-state index in [0.29, 0.717) is 5.92 Å². The molecule has 0 aromatic heterocycles. The van der Waals surface area contributed by atoms with Crippen molar-refractivity contribution >= 4 is 11.9 Å². The van der Waals surface area contributed by atoms with Gasteiger partial charge < -0.3 is 19.3 Å². The molecule has 0 amide bonds. The summed E-state index contributed by atoms with van der Waals surface area (Å²) in [4.78, 5) is 23.9. The molecule has 6 atom stereocenters. The number of ether oxygens (including phenoxy) is 3. The molecule has 0 saturated carbocycles. The van der Waals surface area contributed by atoms with E-state index in [4.69, 9.17) is 14.2 Å². The van der Waals surface area contributed by atoms with Gasteiger partial charge >= 0.3 is 11.9 Å². The predicted molar refractivity (Wildman–Crippen MR) is 85.0 cm³/mol. The molecule has 6 heteroatoms. The van der Waals surface area contributed by atoms with Crippen LogP contribution in [0.2, 0.25) is 0 Å². The molecule has 2 aliphatic rings. The molecule has 6 nitrogen and oxygen atoms in total. The number of hydrogen-bond donors (Lipinski definition) is 1. The zero-order chi connectivity index (χ0) is 17.4. The molecule has 1 aromatic rings. The summed E-state index contributed by atoms with van der Waals surface area (Å²) in [6.07, 6.45) is -0.124. The van der Waals surface area contributed by atoms with E-state index < -0.39 is 18.0 Å². The molecule has 1 aromatic carbocycles. The Kier molecular flexibility index (Phi) is 4.60. The van der Waals surface area contributed by atoms with Crippen LogP contribution in [-0.2, 0) is 14.2 Å². The van der Waals surface area contributed by atoms with Crippen LogP contribution in [0.3, 0.4) is 0 Å². The van der Waals surface area contributed by atoms with E-state index in [-0.39, 0.29) is 35.4 Å². The first-order chi connectivity index (χ1) is 11.4. The van der Waals surface area contributed by atoms with E-state index in [1.54, 1.807) is 19.2 Å². The Morgan fingerprint density at radius 3 is 2.46 bits per heavy atom. The minimum atomic E-state index is -1.16. The maximum absolute atomic E-state index is 12.6. The van der Waals surface area contributed by atoms with Crippen molar-refractivity contribution in [2.75, 3.05) is 7.11 Å². The van der Waals surface area contributed by atoms with Gasteiger partial charge in [0.05, 0.1) is 23.3 Å². The Morgan fingerprint density at radius 1 is 1.17 bits per heavy atom. The molecular weight excluding hydrogens is 312 g/mol. The Balaban J connectivity index is 1.84. The summed E-state index contributed by atoms with van der Waals surface area (Å²) in [5.41, 5.74) is -0.0282. The van der Waals surface area contributed by atoms with Gasteiger partial charge in [-0.2, -0.15) is 0 Å². The fourth-order valence-corrected chi connectivity index (χ4v) is 3.97. The normalized spacial score (nSPS) is 34.8. The lowest BCUT2D eigenvalue weighted by Crippen LogP contribution is -2.52. The third-order valence-corrected chi connectivity index (χ3v) is 5.12. The third kappa shape index (κ3) is 2.80. The van der Waals surface area contributed by atoms with Crippen molar-refractivity contribution in [1.82, 2.24) is 0 Å². The lowest BCUT2D eigenvalue weighted by molar-refractivity contribution is -0.179. The van der Waals surface area contributed by atoms with Crippen molar-refractivity contribution in [2.24, 2.45) is 11.8 Å². The average molecular weight is 334 g/mol. The first-order valence-corrected chi connectivity index (χ1v) is 8.15. The Bertz CT molecular complexity index is 642. The molecule has 0 spiro atoms. The van der Waals surface area contributed by atoms with E-state index >= 15 is 0 Å². The van der Waals surface area contributed by atoms with Crippen molar-refractivity contribution in [3.63, 3.8) is 0 Å². The number of hydrogen-bond acceptors (Lipinski definition) is 5. The number of esters is 1. The number of carboxylic acid groups (broad SMARTS) is 1. The molecule has 3 rings (SSSR count). The predicted octanol–water partition coefficient (Wildman–Crippen LogP) is 2.37. The van der Waals surface area contributed by atoms with Gasteiger partial charge in [0.25, 0.3) is 0 Å². The molecule has 1 N–H and O–H groups in total. The quantitative estimate of drug-likeness (QED) is 0.851. The fourth-order valence-electron chi connectivity index (χ4n) is 3.97. The van der Waals surface area contributed by atoms with Gasteiger partial charge in [0.15, 0.2) is 6.10 Å². The van der Waals surface area contributed by atoms with Crippen LogP contribution in [0.4, 0.5) is 0 Å². The van der Waals surface area contributed by atoms with Gasteiger partial charge in [-0.05, 0) is 24.5 Å². The number of carbonyl (C=O) groups is 2. The molecular formula is C18H22O6. The number of benzene rings is 1. The number of methoxy groups -OCH3 is 1. The van der Waals surface area contributed by atoms with Gasteiger partial charge in [0.1, 0.15) is 6.10 Å². The highest BCUT2D eigenvalue weighted by Crippen LogP contribution is 2.42. The number of carbonyl (C=O) groups excluding carboxylic acids is 1. The monoisotopic (exact) mass is 334 g/mol. The molecule has 2 fully saturated rings. The summed E-state index contributed by atoms with van der Waals surface area (Å²) in [6.45, 7) is 4.15. The highest BCUT2D eigenvalue weighted by molar-refractivity contribution is 6.02. The third-order valence-electron chi connectivity index (χ3n) is 5.12. The summed E-state index contributed by atoms with van der Waals surface area (Å²) in [5, 5.41) is 9.24. The minimum Gasteiger partial charge on any atom is -0.478 e. The molecule has 1 unspecified atom stereocenters. The van der Waals surface area contributed by atoms with Crippen LogP contribution in [0.5, 0.6) is 0 Å². The van der Waals surface area contributed by atoms with E-state index in [2.05, 4.69) is 6.92 Å². The van der Waals surface area contributed by atoms with Crippen LogP contribution in [-0.4, -0.2) is 48.6 Å². The Hall–Kier alpha value is -1.92. The zero-order valence-corrected chi connectivity index (χ0v) is 14.0. The first kappa shape index (κ1) is 16.9. The second-order valence-corrected chi connectivity index (χ2v) is 6.63. The van der Waals surface area contributed by atoms with Crippen LogP contribution in [0, 0.1) is 11.8 Å². The van der Waals surface area contributed by atoms with Crippen LogP contribution < -0.4 is 0 Å². The maximum Gasteiger partial charge on any atom is 0.339 e. The van der Waals surface area contributed by atoms with Crippen LogP contribution in [0.25, 0.3) is 0 Å². The number of rotatable bonds is 4. The number of carboxylic acids is 1. The van der Waals surface area contributed by atoms with Crippen molar-refractivity contribution in [1.29, 1.82) is 0 Å². The summed E-state index contributed by atoms with van der Waals surface area (Å²) in [5.74, 6) is -1.35. The Morgan fingerprint density at radius 2 is 1.83 bits per heavy atom. The summed E-state index contributed by atoms with van der Waals surface area (Å²) >= 11 is 0. The van der Waals surface area contributed by atoms with E-state index in [1.165, 1.54) is 12.1 Å². The summed E-state index contributed by atoms with van der Waals surface area (Å²) in [7, 11) is 1.60. The van der Waals surface area contributed by atoms with Gasteiger partial charge in [-0.15, -0.1) is 0 Å². The van der Waals surface area contributed by atoms with Crippen molar-refractivity contribution in [3.05, 3.63) is 35.4 Å². The fraction of sp³-hybridized carbons (Fsp3) is 0.556. The van der Waals surface area contributed by atoms with Gasteiger partial charge in [0.2, 0.25) is 0 Å². The molecule has 2 heterocycles. The van der Waals surface area contributed by atoms with E-state index in [0.717, 1.165) is 6.42 Å². The smallest absolute Gasteiger partial charge is 0.339 e. The maximum atomic E-state index is 12.6. The largest absolute Gasteiger partial charge is 0.478 e. The van der Waals surface area contributed by atoms with E-state index in [1.807, 2.05) is 6.92 Å². The van der Waals surface area contributed by atoms with Crippen molar-refractivity contribution in [2.45, 2.75) is 44.7 Å². The van der Waals surface area contributed by atoms with Crippen molar-refractivity contribution in [3.8, 4) is 0 Å². The molecule has 2 aliphatic heterocycles. The summed E-state index contributed by atoms with van der Waals surface area (Å²) in [6, 6.07) is 6.04. The minimum absolute atomic E-state index is 0.0423. The van der Waals surface area contributed by atoms with Gasteiger partial charge in [-0.1, -0.05) is 26.0 Å². The highest BCUT2D eigenvalue weighted by Gasteiger charge is 2.52. The van der Waals surface area contributed by atoms with Crippen LogP contribution in [0.1, 0.15) is 41.0 Å². The molecule has 24 heavy (non-hydrogen) atoms. The Labute approximate surface area is 140 Å². The topological polar surface area (TPSA) is 82.1 Å². The molecule has 2 bridgehead atoms. The average Bonchev–Trinajstić information content (AvgIpc) is 2.91. The van der Waals surface area contributed by atoms with Crippen molar-refractivity contribution < 1.29 is 28.9 Å². The van der Waals surface area contributed by atoms with Gasteiger partial charge in [-0.3, -0.25) is 0 Å². The second-order valence-electron chi connectivity index (χ2n) is 6.63. The molecule has 0 aliphatic carbocycles. The zero-order valence-electron chi connectivity index (χ0n) is 14.0. The standard InChI is InChI=1S/C18H22O6/c1-9-8-13-16(15(22-3)10(2)14(9)23-13)24-18(21)12-7-5-4-6-11(12)17(19)20/h4-7,9-10,13-16H,8H2,1-3H3,(H,19,20)/t9-,10-,13+,14-,15?,16-/m1/s1. The van der Waals surface area contributed by atoms with Gasteiger partial charge in [0, 0.05) is 13.0 Å². The highest BCUT2D eigenvalue weighted by atomic mass is 16.6. The lowest BCUT2D eigenvalue weighted by Gasteiger charge is -2.40.